The second-order valence-corrected chi connectivity index (χ2v) is 10.8. The van der Waals surface area contributed by atoms with Crippen LogP contribution in [-0.4, -0.2) is 43.7 Å². The zero-order chi connectivity index (χ0) is 23.8. The highest BCUT2D eigenvalue weighted by molar-refractivity contribution is 7.89. The second kappa shape index (κ2) is 9.32. The van der Waals surface area contributed by atoms with Crippen LogP contribution in [0.5, 0.6) is 5.75 Å². The molecule has 2 amide bonds. The molecule has 33 heavy (non-hydrogen) atoms. The van der Waals surface area contributed by atoms with Crippen LogP contribution in [0.1, 0.15) is 30.9 Å². The summed E-state index contributed by atoms with van der Waals surface area (Å²) >= 11 is 5.89. The van der Waals surface area contributed by atoms with E-state index in [9.17, 15) is 18.0 Å². The van der Waals surface area contributed by atoms with E-state index >= 15 is 0 Å². The number of carbonyl (C=O) groups is 2. The van der Waals surface area contributed by atoms with Crippen molar-refractivity contribution in [2.24, 2.45) is 5.92 Å². The fourth-order valence-electron chi connectivity index (χ4n) is 4.07. The maximum atomic E-state index is 13.5. The Morgan fingerprint density at radius 1 is 1.27 bits per heavy atom. The number of halogens is 1. The lowest BCUT2D eigenvalue weighted by molar-refractivity contribution is -0.126. The first kappa shape index (κ1) is 23.5. The van der Waals surface area contributed by atoms with Crippen molar-refractivity contribution in [3.8, 4) is 5.75 Å². The molecule has 2 aliphatic heterocycles. The highest BCUT2D eigenvalue weighted by Gasteiger charge is 2.35. The van der Waals surface area contributed by atoms with E-state index in [1.165, 1.54) is 10.4 Å². The van der Waals surface area contributed by atoms with Crippen LogP contribution < -0.4 is 15.4 Å². The van der Waals surface area contributed by atoms with E-state index in [0.29, 0.717) is 48.0 Å². The quantitative estimate of drug-likeness (QED) is 0.668. The Kier molecular flexibility index (Phi) is 6.65. The lowest BCUT2D eigenvalue weighted by Crippen LogP contribution is -2.45. The zero-order valence-electron chi connectivity index (χ0n) is 18.4. The predicted molar refractivity (Wildman–Crippen MR) is 125 cm³/mol. The van der Waals surface area contributed by atoms with Gasteiger partial charge < -0.3 is 15.4 Å². The van der Waals surface area contributed by atoms with Gasteiger partial charge in [0.25, 0.3) is 5.91 Å². The summed E-state index contributed by atoms with van der Waals surface area (Å²) in [4.78, 5) is 24.7. The molecular weight excluding hydrogens is 466 g/mol. The molecule has 8 nitrogen and oxygen atoms in total. The largest absolute Gasteiger partial charge is 0.479 e. The van der Waals surface area contributed by atoms with Crippen LogP contribution in [0.4, 0.5) is 5.69 Å². The highest BCUT2D eigenvalue weighted by Crippen LogP contribution is 2.36. The molecule has 176 valence electrons. The molecule has 4 rings (SSSR count). The van der Waals surface area contributed by atoms with Gasteiger partial charge in [-0.1, -0.05) is 23.7 Å². The van der Waals surface area contributed by atoms with Crippen molar-refractivity contribution >= 4 is 39.1 Å². The van der Waals surface area contributed by atoms with Gasteiger partial charge in [-0.2, -0.15) is 4.31 Å². The van der Waals surface area contributed by atoms with Crippen LogP contribution in [0.3, 0.4) is 0 Å². The lowest BCUT2D eigenvalue weighted by atomic mass is 9.99. The molecule has 0 bridgehead atoms. The van der Waals surface area contributed by atoms with Crippen LogP contribution >= 0.6 is 11.6 Å². The summed E-state index contributed by atoms with van der Waals surface area (Å²) in [5.41, 5.74) is 1.87. The Labute approximate surface area is 198 Å². The van der Waals surface area contributed by atoms with Crippen LogP contribution in [0, 0.1) is 12.8 Å². The normalized spacial score (nSPS) is 21.0. The van der Waals surface area contributed by atoms with Gasteiger partial charge in [0.15, 0.2) is 6.10 Å². The third kappa shape index (κ3) is 5.00. The third-order valence-corrected chi connectivity index (χ3v) is 8.22. The van der Waals surface area contributed by atoms with Crippen LogP contribution in [0.25, 0.3) is 0 Å². The minimum atomic E-state index is -3.85. The van der Waals surface area contributed by atoms with Crippen LogP contribution in [-0.2, 0) is 26.2 Å². The lowest BCUT2D eigenvalue weighted by Gasteiger charge is -2.32. The summed E-state index contributed by atoms with van der Waals surface area (Å²) < 4.78 is 33.9. The molecule has 0 aromatic heterocycles. The van der Waals surface area contributed by atoms with Crippen LogP contribution in [0.15, 0.2) is 41.3 Å². The van der Waals surface area contributed by atoms with E-state index in [-0.39, 0.29) is 23.3 Å². The number of hydrogen-bond acceptors (Lipinski definition) is 5. The number of piperidine rings is 1. The van der Waals surface area contributed by atoms with E-state index in [1.54, 1.807) is 32.0 Å². The third-order valence-electron chi connectivity index (χ3n) is 5.96. The topological polar surface area (TPSA) is 105 Å². The number of amides is 2. The van der Waals surface area contributed by atoms with Crippen molar-refractivity contribution in [2.45, 2.75) is 44.2 Å². The number of sulfonamides is 1. The highest BCUT2D eigenvalue weighted by atomic mass is 35.5. The molecule has 10 heteroatoms. The monoisotopic (exact) mass is 491 g/mol. The fourth-order valence-corrected chi connectivity index (χ4v) is 5.94. The Morgan fingerprint density at radius 3 is 2.73 bits per heavy atom. The number of benzene rings is 2. The average Bonchev–Trinajstić information content (AvgIpc) is 2.79. The molecule has 2 N–H and O–H groups in total. The summed E-state index contributed by atoms with van der Waals surface area (Å²) in [5, 5.41) is 6.25. The molecule has 0 spiro atoms. The molecule has 0 aliphatic carbocycles. The summed E-state index contributed by atoms with van der Waals surface area (Å²) in [5.74, 6) is -0.567. The van der Waals surface area contributed by atoms with Gasteiger partial charge in [0.2, 0.25) is 15.9 Å². The van der Waals surface area contributed by atoms with Gasteiger partial charge >= 0.3 is 0 Å². The van der Waals surface area contributed by atoms with Crippen molar-refractivity contribution in [1.82, 2.24) is 9.62 Å². The Balaban J connectivity index is 1.48. The van der Waals surface area contributed by atoms with E-state index in [4.69, 9.17) is 16.3 Å². The first-order valence-corrected chi connectivity index (χ1v) is 12.6. The number of carbonyl (C=O) groups excluding carboxylic acids is 2. The number of aryl methyl sites for hydroxylation is 1. The Morgan fingerprint density at radius 2 is 2.00 bits per heavy atom. The molecule has 0 saturated carbocycles. The van der Waals surface area contributed by atoms with Crippen molar-refractivity contribution < 1.29 is 22.7 Å². The minimum absolute atomic E-state index is 0.110. The number of anilines is 1. The summed E-state index contributed by atoms with van der Waals surface area (Å²) in [7, 11) is -3.85. The number of fused-ring (bicyclic) bond motifs is 1. The van der Waals surface area contributed by atoms with Crippen LogP contribution in [0.2, 0.25) is 5.02 Å². The first-order valence-electron chi connectivity index (χ1n) is 10.8. The number of hydrogen-bond donors (Lipinski definition) is 2. The molecule has 0 radical (unpaired) electrons. The number of nitrogens with one attached hydrogen (secondary N) is 2. The molecule has 2 heterocycles. The molecule has 0 unspecified atom stereocenters. The average molecular weight is 492 g/mol. The fraction of sp³-hybridized carbons (Fsp3) is 0.391. The van der Waals surface area contributed by atoms with Crippen molar-refractivity contribution in [3.63, 3.8) is 0 Å². The smallest absolute Gasteiger partial charge is 0.265 e. The van der Waals surface area contributed by atoms with Gasteiger partial charge in [0, 0.05) is 30.7 Å². The molecule has 1 saturated heterocycles. The number of rotatable bonds is 5. The van der Waals surface area contributed by atoms with Gasteiger partial charge in [-0.25, -0.2) is 8.42 Å². The molecule has 2 aromatic carbocycles. The summed E-state index contributed by atoms with van der Waals surface area (Å²) in [6, 6.07) is 10.3. The maximum Gasteiger partial charge on any atom is 0.265 e. The van der Waals surface area contributed by atoms with E-state index in [2.05, 4.69) is 10.6 Å². The predicted octanol–water partition coefficient (Wildman–Crippen LogP) is 3.08. The molecule has 2 aromatic rings. The standard InChI is InChI=1S/C23H26ClN3O5S/c1-14-10-19-20(32-15(2)22(28)26-19)11-21(14)33(30,31)27-9-3-4-17(13-27)23(29)25-12-16-5-7-18(24)8-6-16/h5-8,10-11,15,17H,3-4,9,12-13H2,1-2H3,(H,25,29)(H,26,28)/t15-,17+/m0/s1. The van der Waals surface area contributed by atoms with Gasteiger partial charge in [-0.05, 0) is 56.0 Å². The Bertz CT molecular complexity index is 1180. The number of nitrogens with zero attached hydrogens (tertiary/aromatic N) is 1. The van der Waals surface area contributed by atoms with Gasteiger partial charge in [-0.15, -0.1) is 0 Å². The van der Waals surface area contributed by atoms with Gasteiger partial charge in [0.05, 0.1) is 16.5 Å². The Hall–Kier alpha value is -2.62. The molecule has 2 atom stereocenters. The second-order valence-electron chi connectivity index (χ2n) is 8.41. The van der Waals surface area contributed by atoms with E-state index in [1.807, 2.05) is 12.1 Å². The van der Waals surface area contributed by atoms with E-state index < -0.39 is 22.0 Å². The molecule has 2 aliphatic rings. The molecule has 1 fully saturated rings. The van der Waals surface area contributed by atoms with E-state index in [0.717, 1.165) is 5.56 Å². The minimum Gasteiger partial charge on any atom is -0.479 e. The van der Waals surface area contributed by atoms with Crippen molar-refractivity contribution in [2.75, 3.05) is 18.4 Å². The molecular formula is C23H26ClN3O5S. The van der Waals surface area contributed by atoms with Crippen molar-refractivity contribution in [3.05, 3.63) is 52.5 Å². The van der Waals surface area contributed by atoms with Crippen molar-refractivity contribution in [1.29, 1.82) is 0 Å². The zero-order valence-corrected chi connectivity index (χ0v) is 20.0. The maximum absolute atomic E-state index is 13.5. The summed E-state index contributed by atoms with van der Waals surface area (Å²) in [6.45, 7) is 4.08. The first-order chi connectivity index (χ1) is 15.6. The SMILES string of the molecule is Cc1cc2c(cc1S(=O)(=O)N1CCC[C@@H](C(=O)NCc3ccc(Cl)cc3)C1)O[C@@H](C)C(=O)N2. The van der Waals surface area contributed by atoms with Gasteiger partial charge in [0.1, 0.15) is 5.75 Å². The van der Waals surface area contributed by atoms with Gasteiger partial charge in [-0.3, -0.25) is 9.59 Å². The number of ether oxygens (including phenoxy) is 1. The summed E-state index contributed by atoms with van der Waals surface area (Å²) in [6.07, 6.45) is 0.500.